The van der Waals surface area contributed by atoms with Gasteiger partial charge in [-0.25, -0.2) is 4.39 Å². The van der Waals surface area contributed by atoms with Gasteiger partial charge < -0.3 is 18.6 Å². The molecule has 2 aromatic heterocycles. The molecule has 0 unspecified atom stereocenters. The molecule has 0 fully saturated rings. The van der Waals surface area contributed by atoms with Crippen LogP contribution >= 0.6 is 0 Å². The number of nitrogens with zero attached hydrogens (tertiary/aromatic N) is 2. The van der Waals surface area contributed by atoms with Gasteiger partial charge >= 0.3 is 0 Å². The Hall–Kier alpha value is -3.54. The first kappa shape index (κ1) is 18.8. The van der Waals surface area contributed by atoms with Gasteiger partial charge in [-0.3, -0.25) is 4.79 Å². The van der Waals surface area contributed by atoms with E-state index in [9.17, 15) is 9.18 Å². The number of ether oxygens (including phenoxy) is 1. The zero-order valence-corrected chi connectivity index (χ0v) is 16.3. The van der Waals surface area contributed by atoms with Crippen molar-refractivity contribution in [2.75, 3.05) is 14.2 Å². The lowest BCUT2D eigenvalue weighted by Crippen LogP contribution is -2.28. The van der Waals surface area contributed by atoms with Crippen LogP contribution in [-0.2, 0) is 13.1 Å². The third-order valence-corrected chi connectivity index (χ3v) is 4.90. The van der Waals surface area contributed by atoms with Gasteiger partial charge in [-0.05, 0) is 35.4 Å². The summed E-state index contributed by atoms with van der Waals surface area (Å²) in [5.74, 6) is 0.332. The Morgan fingerprint density at radius 1 is 1.10 bits per heavy atom. The fourth-order valence-electron chi connectivity index (χ4n) is 3.41. The zero-order valence-electron chi connectivity index (χ0n) is 16.3. The summed E-state index contributed by atoms with van der Waals surface area (Å²) in [7, 11) is 3.38. The Morgan fingerprint density at radius 3 is 2.62 bits per heavy atom. The molecule has 0 N–H and O–H groups in total. The summed E-state index contributed by atoms with van der Waals surface area (Å²) in [6.45, 7) is 0.827. The fourth-order valence-corrected chi connectivity index (χ4v) is 3.41. The number of furan rings is 1. The van der Waals surface area contributed by atoms with E-state index in [1.165, 1.54) is 12.1 Å². The van der Waals surface area contributed by atoms with Crippen LogP contribution in [0.3, 0.4) is 0 Å². The molecule has 0 aliphatic rings. The number of amides is 1. The molecule has 148 valence electrons. The lowest BCUT2D eigenvalue weighted by Gasteiger charge is -2.19. The van der Waals surface area contributed by atoms with Crippen molar-refractivity contribution < 1.29 is 18.3 Å². The lowest BCUT2D eigenvalue weighted by atomic mass is 10.2. The largest absolute Gasteiger partial charge is 0.497 e. The minimum absolute atomic E-state index is 0.136. The Bertz CT molecular complexity index is 1140. The number of benzene rings is 2. The highest BCUT2D eigenvalue weighted by molar-refractivity contribution is 5.97. The Morgan fingerprint density at radius 2 is 1.90 bits per heavy atom. The number of fused-ring (bicyclic) bond motifs is 1. The van der Waals surface area contributed by atoms with Gasteiger partial charge in [0.1, 0.15) is 17.3 Å². The minimum atomic E-state index is -0.303. The van der Waals surface area contributed by atoms with Gasteiger partial charge in [-0.15, -0.1) is 0 Å². The monoisotopic (exact) mass is 392 g/mol. The molecule has 29 heavy (non-hydrogen) atoms. The van der Waals surface area contributed by atoms with Crippen molar-refractivity contribution in [2.45, 2.75) is 13.1 Å². The van der Waals surface area contributed by atoms with Gasteiger partial charge in [-0.1, -0.05) is 24.3 Å². The predicted octanol–water partition coefficient (Wildman–Crippen LogP) is 4.70. The van der Waals surface area contributed by atoms with Crippen molar-refractivity contribution in [1.82, 2.24) is 9.47 Å². The number of aromatic nitrogens is 1. The van der Waals surface area contributed by atoms with Crippen LogP contribution in [0.5, 0.6) is 5.75 Å². The van der Waals surface area contributed by atoms with E-state index in [-0.39, 0.29) is 11.7 Å². The summed E-state index contributed by atoms with van der Waals surface area (Å²) in [6, 6.07) is 17.5. The number of carbonyl (C=O) groups excluding carboxylic acids is 1. The van der Waals surface area contributed by atoms with Gasteiger partial charge in [0.2, 0.25) is 0 Å². The topological polar surface area (TPSA) is 47.6 Å². The summed E-state index contributed by atoms with van der Waals surface area (Å²) in [6.07, 6.45) is 1.59. The molecule has 4 rings (SSSR count). The van der Waals surface area contributed by atoms with Crippen LogP contribution in [0.15, 0.2) is 71.3 Å². The number of methoxy groups -OCH3 is 1. The van der Waals surface area contributed by atoms with Crippen LogP contribution in [0.1, 0.15) is 21.6 Å². The quantitative estimate of drug-likeness (QED) is 0.478. The SMILES string of the molecule is COc1ccc(CN(C)C(=O)c2cc3occc3n2Cc2cccc(F)c2)cc1. The van der Waals surface area contributed by atoms with Crippen molar-refractivity contribution in [3.8, 4) is 5.75 Å². The fraction of sp³-hybridized carbons (Fsp3) is 0.174. The van der Waals surface area contributed by atoms with Gasteiger partial charge in [0.05, 0.1) is 18.9 Å². The van der Waals surface area contributed by atoms with Crippen LogP contribution in [0, 0.1) is 5.82 Å². The molecule has 0 saturated heterocycles. The van der Waals surface area contributed by atoms with E-state index in [4.69, 9.17) is 9.15 Å². The summed E-state index contributed by atoms with van der Waals surface area (Å²) < 4.78 is 26.2. The lowest BCUT2D eigenvalue weighted by molar-refractivity contribution is 0.0775. The normalized spacial score (nSPS) is 11.0. The second-order valence-corrected chi connectivity index (χ2v) is 6.93. The van der Waals surface area contributed by atoms with Crippen molar-refractivity contribution >= 4 is 17.0 Å². The highest BCUT2D eigenvalue weighted by Gasteiger charge is 2.21. The second kappa shape index (κ2) is 7.83. The van der Waals surface area contributed by atoms with Gasteiger partial charge in [0.25, 0.3) is 5.91 Å². The van der Waals surface area contributed by atoms with E-state index < -0.39 is 0 Å². The molecule has 2 aromatic carbocycles. The minimum Gasteiger partial charge on any atom is -0.497 e. The van der Waals surface area contributed by atoms with Crippen LogP contribution in [0.25, 0.3) is 11.1 Å². The van der Waals surface area contributed by atoms with Crippen molar-refractivity contribution in [2.24, 2.45) is 0 Å². The first-order chi connectivity index (χ1) is 14.0. The first-order valence-electron chi connectivity index (χ1n) is 9.24. The van der Waals surface area contributed by atoms with Crippen LogP contribution in [0.2, 0.25) is 0 Å². The van der Waals surface area contributed by atoms with Gasteiger partial charge in [-0.2, -0.15) is 0 Å². The van der Waals surface area contributed by atoms with Crippen LogP contribution < -0.4 is 4.74 Å². The average Bonchev–Trinajstić information content (AvgIpc) is 3.31. The molecule has 5 nitrogen and oxygen atoms in total. The highest BCUT2D eigenvalue weighted by atomic mass is 19.1. The highest BCUT2D eigenvalue weighted by Crippen LogP contribution is 2.24. The summed E-state index contributed by atoms with van der Waals surface area (Å²) in [5.41, 5.74) is 3.70. The Kier molecular flexibility index (Phi) is 5.08. The smallest absolute Gasteiger partial charge is 0.270 e. The van der Waals surface area contributed by atoms with Crippen LogP contribution in [-0.4, -0.2) is 29.5 Å². The number of rotatable bonds is 6. The molecule has 0 bridgehead atoms. The van der Waals surface area contributed by atoms with E-state index in [2.05, 4.69) is 0 Å². The molecule has 0 saturated carbocycles. The molecule has 0 aliphatic carbocycles. The first-order valence-corrected chi connectivity index (χ1v) is 9.24. The number of hydrogen-bond donors (Lipinski definition) is 0. The van der Waals surface area contributed by atoms with E-state index in [1.54, 1.807) is 37.5 Å². The van der Waals surface area contributed by atoms with E-state index in [0.717, 1.165) is 22.4 Å². The van der Waals surface area contributed by atoms with Gasteiger partial charge in [0.15, 0.2) is 5.58 Å². The zero-order chi connectivity index (χ0) is 20.4. The molecule has 6 heteroatoms. The number of hydrogen-bond acceptors (Lipinski definition) is 3. The maximum Gasteiger partial charge on any atom is 0.270 e. The summed E-state index contributed by atoms with van der Waals surface area (Å²) in [5, 5.41) is 0. The van der Waals surface area contributed by atoms with E-state index >= 15 is 0 Å². The maximum atomic E-state index is 13.6. The Balaban J connectivity index is 1.61. The average molecular weight is 392 g/mol. The Labute approximate surface area is 167 Å². The maximum absolute atomic E-state index is 13.6. The standard InChI is InChI=1S/C23H21FN2O3/c1-25(14-16-6-8-19(28-2)9-7-16)23(27)21-13-22-20(10-11-29-22)26(21)15-17-4-3-5-18(24)12-17/h3-13H,14-15H2,1-2H3. The number of halogens is 1. The number of carbonyl (C=O) groups is 1. The molecule has 0 aliphatic heterocycles. The molecular weight excluding hydrogens is 371 g/mol. The van der Waals surface area contributed by atoms with Crippen LogP contribution in [0.4, 0.5) is 4.39 Å². The third kappa shape index (κ3) is 3.87. The van der Waals surface area contributed by atoms with Crippen molar-refractivity contribution in [3.05, 3.63) is 89.6 Å². The van der Waals surface area contributed by atoms with Crippen molar-refractivity contribution in [3.63, 3.8) is 0 Å². The molecule has 4 aromatic rings. The summed E-state index contributed by atoms with van der Waals surface area (Å²) >= 11 is 0. The predicted molar refractivity (Wildman–Crippen MR) is 108 cm³/mol. The third-order valence-electron chi connectivity index (χ3n) is 4.90. The molecule has 0 atom stereocenters. The second-order valence-electron chi connectivity index (χ2n) is 6.93. The van der Waals surface area contributed by atoms with Crippen molar-refractivity contribution in [1.29, 1.82) is 0 Å². The summed E-state index contributed by atoms with van der Waals surface area (Å²) in [4.78, 5) is 14.8. The molecule has 2 heterocycles. The van der Waals surface area contributed by atoms with Gasteiger partial charge in [0, 0.05) is 32.3 Å². The molecule has 1 amide bonds. The molecular formula is C23H21FN2O3. The molecule has 0 radical (unpaired) electrons. The molecule has 0 spiro atoms. The van der Waals surface area contributed by atoms with E-state index in [1.807, 2.05) is 41.0 Å². The van der Waals surface area contributed by atoms with E-state index in [0.29, 0.717) is 24.4 Å².